The van der Waals surface area contributed by atoms with E-state index >= 15 is 0 Å². The van der Waals surface area contributed by atoms with Gasteiger partial charge in [0, 0.05) is 17.6 Å². The minimum Gasteiger partial charge on any atom is -0.461 e. The van der Waals surface area contributed by atoms with Gasteiger partial charge in [0.05, 0.1) is 17.6 Å². The SMILES string of the molecule is CCOC(=O)c1cc2[nH]c(=O)ccc2n1Cc1cccc(Cl)c1. The van der Waals surface area contributed by atoms with Crippen LogP contribution in [0.25, 0.3) is 11.0 Å². The quantitative estimate of drug-likeness (QED) is 0.747. The Morgan fingerprint density at radius 1 is 1.26 bits per heavy atom. The lowest BCUT2D eigenvalue weighted by Gasteiger charge is -2.10. The molecule has 6 heteroatoms. The lowest BCUT2D eigenvalue weighted by molar-refractivity contribution is 0.0515. The van der Waals surface area contributed by atoms with Crippen LogP contribution in [0.2, 0.25) is 5.02 Å². The molecule has 0 aliphatic rings. The molecule has 118 valence electrons. The van der Waals surface area contributed by atoms with Crippen LogP contribution >= 0.6 is 11.6 Å². The number of benzene rings is 1. The van der Waals surface area contributed by atoms with Crippen LogP contribution in [0.5, 0.6) is 0 Å². The molecule has 1 N–H and O–H groups in total. The van der Waals surface area contributed by atoms with Crippen molar-refractivity contribution in [2.75, 3.05) is 6.61 Å². The number of rotatable bonds is 4. The van der Waals surface area contributed by atoms with Crippen LogP contribution in [0.4, 0.5) is 0 Å². The number of hydrogen-bond donors (Lipinski definition) is 1. The fourth-order valence-corrected chi connectivity index (χ4v) is 2.75. The molecule has 0 saturated heterocycles. The van der Waals surface area contributed by atoms with Crippen molar-refractivity contribution in [3.05, 3.63) is 69.1 Å². The fourth-order valence-electron chi connectivity index (χ4n) is 2.54. The summed E-state index contributed by atoms with van der Waals surface area (Å²) in [6, 6.07) is 12.2. The van der Waals surface area contributed by atoms with Crippen LogP contribution in [-0.4, -0.2) is 22.1 Å². The molecule has 2 aromatic heterocycles. The first kappa shape index (κ1) is 15.4. The van der Waals surface area contributed by atoms with E-state index in [1.165, 1.54) is 6.07 Å². The highest BCUT2D eigenvalue weighted by Gasteiger charge is 2.17. The van der Waals surface area contributed by atoms with Crippen molar-refractivity contribution in [1.29, 1.82) is 0 Å². The molecule has 0 fully saturated rings. The van der Waals surface area contributed by atoms with Gasteiger partial charge in [0.15, 0.2) is 0 Å². The highest BCUT2D eigenvalue weighted by molar-refractivity contribution is 6.30. The number of nitrogens with one attached hydrogen (secondary N) is 1. The summed E-state index contributed by atoms with van der Waals surface area (Å²) < 4.78 is 6.93. The second kappa shape index (κ2) is 6.30. The number of carbonyl (C=O) groups excluding carboxylic acids is 1. The van der Waals surface area contributed by atoms with E-state index in [1.807, 2.05) is 22.8 Å². The molecule has 0 radical (unpaired) electrons. The summed E-state index contributed by atoms with van der Waals surface area (Å²) in [6.07, 6.45) is 0. The Balaban J connectivity index is 2.13. The normalized spacial score (nSPS) is 10.9. The van der Waals surface area contributed by atoms with Gasteiger partial charge in [-0.15, -0.1) is 0 Å². The molecule has 0 saturated carbocycles. The molecule has 0 spiro atoms. The highest BCUT2D eigenvalue weighted by atomic mass is 35.5. The summed E-state index contributed by atoms with van der Waals surface area (Å²) in [5, 5.41) is 0.630. The van der Waals surface area contributed by atoms with E-state index in [2.05, 4.69) is 4.98 Å². The molecule has 1 aromatic carbocycles. The Hall–Kier alpha value is -2.53. The summed E-state index contributed by atoms with van der Waals surface area (Å²) in [4.78, 5) is 26.5. The lowest BCUT2D eigenvalue weighted by atomic mass is 10.2. The first-order valence-corrected chi connectivity index (χ1v) is 7.60. The molecular weight excluding hydrogens is 316 g/mol. The number of H-pyrrole nitrogens is 1. The van der Waals surface area contributed by atoms with Gasteiger partial charge in [-0.2, -0.15) is 0 Å². The van der Waals surface area contributed by atoms with Crippen molar-refractivity contribution in [2.45, 2.75) is 13.5 Å². The van der Waals surface area contributed by atoms with Crippen molar-refractivity contribution in [2.24, 2.45) is 0 Å². The lowest BCUT2D eigenvalue weighted by Crippen LogP contribution is -2.13. The number of pyridine rings is 1. The van der Waals surface area contributed by atoms with E-state index in [9.17, 15) is 9.59 Å². The zero-order valence-corrected chi connectivity index (χ0v) is 13.3. The van der Waals surface area contributed by atoms with Gasteiger partial charge < -0.3 is 14.3 Å². The third-order valence-corrected chi connectivity index (χ3v) is 3.74. The van der Waals surface area contributed by atoms with Gasteiger partial charge in [-0.3, -0.25) is 4.79 Å². The number of halogens is 1. The molecule has 3 rings (SSSR count). The summed E-state index contributed by atoms with van der Waals surface area (Å²) in [5.41, 5.74) is 2.48. The largest absolute Gasteiger partial charge is 0.461 e. The first-order valence-electron chi connectivity index (χ1n) is 7.22. The molecule has 5 nitrogen and oxygen atoms in total. The van der Waals surface area contributed by atoms with E-state index in [0.717, 1.165) is 11.1 Å². The van der Waals surface area contributed by atoms with Crippen molar-refractivity contribution in [3.63, 3.8) is 0 Å². The maximum absolute atomic E-state index is 12.2. The monoisotopic (exact) mass is 330 g/mol. The Kier molecular flexibility index (Phi) is 4.21. The van der Waals surface area contributed by atoms with E-state index < -0.39 is 5.97 Å². The van der Waals surface area contributed by atoms with Gasteiger partial charge in [-0.1, -0.05) is 23.7 Å². The van der Waals surface area contributed by atoms with E-state index in [-0.39, 0.29) is 12.2 Å². The van der Waals surface area contributed by atoms with Crippen LogP contribution in [0.1, 0.15) is 23.0 Å². The zero-order valence-electron chi connectivity index (χ0n) is 12.5. The van der Waals surface area contributed by atoms with Crippen LogP contribution < -0.4 is 5.56 Å². The maximum atomic E-state index is 12.2. The summed E-state index contributed by atoms with van der Waals surface area (Å²) in [7, 11) is 0. The predicted octanol–water partition coefficient (Wildman–Crippen LogP) is 3.21. The first-order chi connectivity index (χ1) is 11.1. The maximum Gasteiger partial charge on any atom is 0.355 e. The standard InChI is InChI=1S/C17H15ClN2O3/c1-2-23-17(22)15-9-13-14(6-7-16(21)19-13)20(15)10-11-4-3-5-12(18)8-11/h3-9H,2,10H2,1H3,(H,19,21). The van der Waals surface area contributed by atoms with Crippen molar-refractivity contribution in [3.8, 4) is 0 Å². The van der Waals surface area contributed by atoms with Crippen molar-refractivity contribution in [1.82, 2.24) is 9.55 Å². The topological polar surface area (TPSA) is 64.1 Å². The van der Waals surface area contributed by atoms with Gasteiger partial charge in [0.2, 0.25) is 5.56 Å². The van der Waals surface area contributed by atoms with E-state index in [4.69, 9.17) is 16.3 Å². The highest BCUT2D eigenvalue weighted by Crippen LogP contribution is 2.21. The van der Waals surface area contributed by atoms with Gasteiger partial charge in [-0.25, -0.2) is 4.79 Å². The van der Waals surface area contributed by atoms with Crippen molar-refractivity contribution < 1.29 is 9.53 Å². The second-order valence-electron chi connectivity index (χ2n) is 5.09. The number of esters is 1. The Morgan fingerprint density at radius 2 is 2.09 bits per heavy atom. The molecule has 0 amide bonds. The van der Waals surface area contributed by atoms with Gasteiger partial charge >= 0.3 is 5.97 Å². The summed E-state index contributed by atoms with van der Waals surface area (Å²) in [5.74, 6) is -0.424. The van der Waals surface area contributed by atoms with Crippen LogP contribution in [0.3, 0.4) is 0 Å². The fraction of sp³-hybridized carbons (Fsp3) is 0.176. The molecular formula is C17H15ClN2O3. The zero-order chi connectivity index (χ0) is 16.4. The average molecular weight is 331 g/mol. The molecule has 0 bridgehead atoms. The smallest absolute Gasteiger partial charge is 0.355 e. The van der Waals surface area contributed by atoms with Crippen molar-refractivity contribution >= 4 is 28.6 Å². The molecule has 0 aliphatic carbocycles. The van der Waals surface area contributed by atoms with E-state index in [0.29, 0.717) is 22.8 Å². The Bertz CT molecular complexity index is 927. The van der Waals surface area contributed by atoms with Crippen LogP contribution in [0, 0.1) is 0 Å². The van der Waals surface area contributed by atoms with Gasteiger partial charge in [-0.05, 0) is 36.8 Å². The van der Waals surface area contributed by atoms with Crippen LogP contribution in [0.15, 0.2) is 47.3 Å². The summed E-state index contributed by atoms with van der Waals surface area (Å²) >= 11 is 6.03. The Labute approximate surface area is 137 Å². The number of carbonyl (C=O) groups is 1. The molecule has 3 aromatic rings. The minimum absolute atomic E-state index is 0.215. The van der Waals surface area contributed by atoms with Gasteiger partial charge in [0.25, 0.3) is 0 Å². The molecule has 0 aliphatic heterocycles. The molecule has 0 atom stereocenters. The third kappa shape index (κ3) is 3.14. The third-order valence-electron chi connectivity index (χ3n) is 3.50. The second-order valence-corrected chi connectivity index (χ2v) is 5.52. The van der Waals surface area contributed by atoms with Gasteiger partial charge in [0.1, 0.15) is 5.69 Å². The number of ether oxygens (including phenoxy) is 1. The molecule has 2 heterocycles. The number of hydrogen-bond acceptors (Lipinski definition) is 3. The number of aromatic nitrogens is 2. The minimum atomic E-state index is -0.424. The average Bonchev–Trinajstić information content (AvgIpc) is 2.85. The predicted molar refractivity (Wildman–Crippen MR) is 89.1 cm³/mol. The summed E-state index contributed by atoms with van der Waals surface area (Å²) in [6.45, 7) is 2.49. The van der Waals surface area contributed by atoms with Crippen LogP contribution in [-0.2, 0) is 11.3 Å². The number of nitrogens with zero attached hydrogens (tertiary/aromatic N) is 1. The molecule has 0 unspecified atom stereocenters. The number of fused-ring (bicyclic) bond motifs is 1. The molecule has 23 heavy (non-hydrogen) atoms. The van der Waals surface area contributed by atoms with E-state index in [1.54, 1.807) is 25.1 Å². The Morgan fingerprint density at radius 3 is 2.83 bits per heavy atom. The number of aromatic amines is 1.